The molecule has 1 aromatic carbocycles. The number of nitrogens with two attached hydrogens (primary N) is 1. The molecule has 1 atom stereocenters. The zero-order valence-corrected chi connectivity index (χ0v) is 12.9. The fourth-order valence-electron chi connectivity index (χ4n) is 2.53. The number of guanidine groups is 1. The average Bonchev–Trinajstić information content (AvgIpc) is 2.75. The predicted octanol–water partition coefficient (Wildman–Crippen LogP) is 1.96. The molecule has 0 saturated heterocycles. The maximum atomic E-state index is 5.87. The van der Waals surface area contributed by atoms with Crippen molar-refractivity contribution in [2.45, 2.75) is 26.3 Å². The first-order chi connectivity index (χ1) is 10.1. The number of aryl methyl sites for hydroxylation is 1. The topological polar surface area (TPSA) is 75.4 Å². The smallest absolute Gasteiger partial charge is 0.188 e. The summed E-state index contributed by atoms with van der Waals surface area (Å²) in [5.74, 6) is 0.469. The van der Waals surface area contributed by atoms with E-state index in [2.05, 4.69) is 40.4 Å². The Morgan fingerprint density at radius 3 is 2.95 bits per heavy atom. The number of H-pyrrole nitrogens is 1. The Labute approximate surface area is 125 Å². The normalized spacial score (nSPS) is 13.6. The van der Waals surface area contributed by atoms with Crippen LogP contribution in [0.2, 0.25) is 0 Å². The van der Waals surface area contributed by atoms with E-state index < -0.39 is 0 Å². The van der Waals surface area contributed by atoms with Crippen molar-refractivity contribution in [3.05, 3.63) is 35.5 Å². The Morgan fingerprint density at radius 2 is 2.19 bits per heavy atom. The molecule has 0 fully saturated rings. The number of nitrogens with zero attached hydrogens (tertiary/aromatic N) is 1. The van der Waals surface area contributed by atoms with Crippen LogP contribution in [0.5, 0.6) is 0 Å². The zero-order chi connectivity index (χ0) is 15.2. The third kappa shape index (κ3) is 3.98. The fraction of sp³-hybridized carbons (Fsp3) is 0.438. The van der Waals surface area contributed by atoms with Crippen molar-refractivity contribution in [3.8, 4) is 0 Å². The van der Waals surface area contributed by atoms with Gasteiger partial charge in [0.2, 0.25) is 0 Å². The lowest BCUT2D eigenvalue weighted by Crippen LogP contribution is -2.40. The Bertz CT molecular complexity index is 618. The SMILES string of the molecule is COCC(C)NC(N)=NCCc1c(C)[nH]c2ccccc12. The first-order valence-electron chi connectivity index (χ1n) is 7.23. The predicted molar refractivity (Wildman–Crippen MR) is 87.7 cm³/mol. The number of nitrogens with one attached hydrogen (secondary N) is 2. The number of para-hydroxylation sites is 1. The van der Waals surface area contributed by atoms with Crippen LogP contribution >= 0.6 is 0 Å². The summed E-state index contributed by atoms with van der Waals surface area (Å²) in [5, 5.41) is 4.38. The second-order valence-electron chi connectivity index (χ2n) is 5.29. The summed E-state index contributed by atoms with van der Waals surface area (Å²) in [6, 6.07) is 8.50. The van der Waals surface area contributed by atoms with E-state index in [1.165, 1.54) is 22.2 Å². The van der Waals surface area contributed by atoms with Crippen molar-refractivity contribution in [3.63, 3.8) is 0 Å². The molecule has 0 bridgehead atoms. The zero-order valence-electron chi connectivity index (χ0n) is 12.9. The molecule has 0 aliphatic heterocycles. The van der Waals surface area contributed by atoms with E-state index in [0.29, 0.717) is 19.1 Å². The summed E-state index contributed by atoms with van der Waals surface area (Å²) in [6.07, 6.45) is 0.872. The number of hydrogen-bond acceptors (Lipinski definition) is 2. The van der Waals surface area contributed by atoms with Crippen LogP contribution in [0.1, 0.15) is 18.2 Å². The van der Waals surface area contributed by atoms with Crippen molar-refractivity contribution in [1.82, 2.24) is 10.3 Å². The van der Waals surface area contributed by atoms with Gasteiger partial charge >= 0.3 is 0 Å². The van der Waals surface area contributed by atoms with Crippen LogP contribution in [0.3, 0.4) is 0 Å². The number of rotatable bonds is 6. The maximum absolute atomic E-state index is 5.87. The van der Waals surface area contributed by atoms with E-state index in [-0.39, 0.29) is 6.04 Å². The summed E-state index contributed by atoms with van der Waals surface area (Å²) in [5.41, 5.74) is 9.56. The molecule has 1 heterocycles. The first-order valence-corrected chi connectivity index (χ1v) is 7.23. The van der Waals surface area contributed by atoms with Gasteiger partial charge in [-0.25, -0.2) is 0 Å². The van der Waals surface area contributed by atoms with Crippen molar-refractivity contribution in [2.24, 2.45) is 10.7 Å². The number of aromatic nitrogens is 1. The molecule has 4 N–H and O–H groups in total. The van der Waals surface area contributed by atoms with Crippen molar-refractivity contribution < 1.29 is 4.74 Å². The molecular weight excluding hydrogens is 264 g/mol. The third-order valence-electron chi connectivity index (χ3n) is 3.48. The second-order valence-corrected chi connectivity index (χ2v) is 5.29. The maximum Gasteiger partial charge on any atom is 0.188 e. The van der Waals surface area contributed by atoms with Crippen LogP contribution in [-0.2, 0) is 11.2 Å². The molecule has 1 aromatic heterocycles. The van der Waals surface area contributed by atoms with Gasteiger partial charge in [-0.05, 0) is 31.9 Å². The van der Waals surface area contributed by atoms with Gasteiger partial charge in [-0.1, -0.05) is 18.2 Å². The van der Waals surface area contributed by atoms with Crippen LogP contribution < -0.4 is 11.1 Å². The Kier molecular flexibility index (Phi) is 5.22. The standard InChI is InChI=1S/C16H24N4O/c1-11(10-21-3)19-16(17)18-9-8-13-12(2)20-15-7-5-4-6-14(13)15/h4-7,11,20H,8-10H2,1-3H3,(H3,17,18,19). The van der Waals surface area contributed by atoms with Crippen LogP contribution in [0.15, 0.2) is 29.3 Å². The summed E-state index contributed by atoms with van der Waals surface area (Å²) < 4.78 is 5.05. The van der Waals surface area contributed by atoms with Crippen molar-refractivity contribution in [2.75, 3.05) is 20.3 Å². The molecule has 21 heavy (non-hydrogen) atoms. The minimum absolute atomic E-state index is 0.161. The molecule has 0 spiro atoms. The summed E-state index contributed by atoms with van der Waals surface area (Å²) >= 11 is 0. The molecule has 5 nitrogen and oxygen atoms in total. The summed E-state index contributed by atoms with van der Waals surface area (Å²) in [4.78, 5) is 7.79. The molecule has 1 unspecified atom stereocenters. The molecule has 5 heteroatoms. The molecule has 0 saturated carbocycles. The number of benzene rings is 1. The lowest BCUT2D eigenvalue weighted by atomic mass is 10.1. The molecule has 2 rings (SSSR count). The highest BCUT2D eigenvalue weighted by molar-refractivity contribution is 5.84. The van der Waals surface area contributed by atoms with Crippen molar-refractivity contribution in [1.29, 1.82) is 0 Å². The molecular formula is C16H24N4O. The van der Waals surface area contributed by atoms with E-state index in [9.17, 15) is 0 Å². The van der Waals surface area contributed by atoms with E-state index >= 15 is 0 Å². The highest BCUT2D eigenvalue weighted by Crippen LogP contribution is 2.22. The molecule has 0 aliphatic carbocycles. The highest BCUT2D eigenvalue weighted by atomic mass is 16.5. The van der Waals surface area contributed by atoms with Gasteiger partial charge in [0.1, 0.15) is 0 Å². The van der Waals surface area contributed by atoms with Crippen LogP contribution in [0, 0.1) is 6.92 Å². The van der Waals surface area contributed by atoms with E-state index in [1.54, 1.807) is 7.11 Å². The van der Waals surface area contributed by atoms with E-state index in [4.69, 9.17) is 10.5 Å². The average molecular weight is 288 g/mol. The second kappa shape index (κ2) is 7.13. The van der Waals surface area contributed by atoms with Gasteiger partial charge in [-0.15, -0.1) is 0 Å². The molecule has 0 aliphatic rings. The number of aliphatic imine (C=N–C) groups is 1. The Balaban J connectivity index is 1.97. The minimum Gasteiger partial charge on any atom is -0.383 e. The van der Waals surface area contributed by atoms with Crippen LogP contribution in [0.4, 0.5) is 0 Å². The van der Waals surface area contributed by atoms with Gasteiger partial charge < -0.3 is 20.8 Å². The molecule has 114 valence electrons. The fourth-order valence-corrected chi connectivity index (χ4v) is 2.53. The minimum atomic E-state index is 0.161. The highest BCUT2D eigenvalue weighted by Gasteiger charge is 2.07. The van der Waals surface area contributed by atoms with E-state index in [1.807, 2.05) is 13.0 Å². The quantitative estimate of drug-likeness (QED) is 0.562. The largest absolute Gasteiger partial charge is 0.383 e. The lowest BCUT2D eigenvalue weighted by molar-refractivity contribution is 0.179. The number of methoxy groups -OCH3 is 1. The van der Waals surface area contributed by atoms with Crippen molar-refractivity contribution >= 4 is 16.9 Å². The van der Waals surface area contributed by atoms with E-state index in [0.717, 1.165) is 6.42 Å². The van der Waals surface area contributed by atoms with Crippen LogP contribution in [0.25, 0.3) is 10.9 Å². The number of aromatic amines is 1. The van der Waals surface area contributed by atoms with Crippen LogP contribution in [-0.4, -0.2) is 37.2 Å². The third-order valence-corrected chi connectivity index (χ3v) is 3.48. The summed E-state index contributed by atoms with van der Waals surface area (Å²) in [7, 11) is 1.67. The van der Waals surface area contributed by atoms with Gasteiger partial charge in [0.15, 0.2) is 5.96 Å². The Morgan fingerprint density at radius 1 is 1.43 bits per heavy atom. The molecule has 0 amide bonds. The number of fused-ring (bicyclic) bond motifs is 1. The van der Waals surface area contributed by atoms with Gasteiger partial charge in [-0.2, -0.15) is 0 Å². The lowest BCUT2D eigenvalue weighted by Gasteiger charge is -2.13. The monoisotopic (exact) mass is 288 g/mol. The molecule has 2 aromatic rings. The Hall–Kier alpha value is -2.01. The molecule has 0 radical (unpaired) electrons. The van der Waals surface area contributed by atoms with Gasteiger partial charge in [-0.3, -0.25) is 4.99 Å². The van der Waals surface area contributed by atoms with Gasteiger partial charge in [0.05, 0.1) is 6.61 Å². The first kappa shape index (κ1) is 15.4. The van der Waals surface area contributed by atoms with Gasteiger partial charge in [0.25, 0.3) is 0 Å². The van der Waals surface area contributed by atoms with Gasteiger partial charge in [0, 0.05) is 36.3 Å². The number of ether oxygens (including phenoxy) is 1. The summed E-state index contributed by atoms with van der Waals surface area (Å²) in [6.45, 7) is 5.38. The number of hydrogen-bond donors (Lipinski definition) is 3.